The van der Waals surface area contributed by atoms with Gasteiger partial charge < -0.3 is 16.4 Å². The highest BCUT2D eigenvalue weighted by molar-refractivity contribution is 6.69. The van der Waals surface area contributed by atoms with Crippen LogP contribution in [0, 0.1) is 18.3 Å². The van der Waals surface area contributed by atoms with Gasteiger partial charge in [0.2, 0.25) is 0 Å². The van der Waals surface area contributed by atoms with E-state index in [0.717, 1.165) is 49.1 Å². The second kappa shape index (κ2) is 34.0. The third-order valence-electron chi connectivity index (χ3n) is 5.69. The molecule has 0 bridgehead atoms. The van der Waals surface area contributed by atoms with E-state index in [4.69, 9.17) is 5.73 Å². The maximum atomic E-state index is 12.5. The van der Waals surface area contributed by atoms with Crippen LogP contribution < -0.4 is 16.4 Å². The van der Waals surface area contributed by atoms with Gasteiger partial charge in [-0.05, 0) is 69.3 Å². The number of aryl methyl sites for hydroxylation is 1. The first-order valence-electron chi connectivity index (χ1n) is 15.8. The summed E-state index contributed by atoms with van der Waals surface area (Å²) >= 11 is 0. The fourth-order valence-electron chi connectivity index (χ4n) is 3.26. The number of allylic oxidation sites excluding steroid dienone is 2. The molecule has 0 unspecified atom stereocenters. The van der Waals surface area contributed by atoms with Crippen LogP contribution in [-0.2, 0) is 11.2 Å². The van der Waals surface area contributed by atoms with Gasteiger partial charge in [0.15, 0.2) is 0 Å². The third kappa shape index (κ3) is 25.0. The summed E-state index contributed by atoms with van der Waals surface area (Å²) < 4.78 is 0. The van der Waals surface area contributed by atoms with Crippen LogP contribution in [0.3, 0.4) is 0 Å². The number of unbranched alkanes of at least 4 members (excludes halogenated alkanes) is 1. The van der Waals surface area contributed by atoms with Crippen LogP contribution in [-0.4, -0.2) is 51.3 Å². The number of hydrogen-bond donors (Lipinski definition) is 3. The molecule has 7 heteroatoms. The fourth-order valence-corrected chi connectivity index (χ4v) is 3.26. The Labute approximate surface area is 271 Å². The summed E-state index contributed by atoms with van der Waals surface area (Å²) in [7, 11) is 5.02. The number of hydrogen-bond acceptors (Lipinski definition) is 6. The number of nitrogens with one attached hydrogen (secondary N) is 2. The van der Waals surface area contributed by atoms with Crippen molar-refractivity contribution < 1.29 is 9.59 Å². The number of nitrogens with two attached hydrogens (primary N) is 1. The molecule has 0 aliphatic heterocycles. The minimum absolute atomic E-state index is 0.112. The van der Waals surface area contributed by atoms with Crippen LogP contribution in [0.25, 0.3) is 0 Å². The van der Waals surface area contributed by atoms with Crippen LogP contribution in [0.2, 0.25) is 0 Å². The number of aldehydes is 1. The fraction of sp³-hybridized carbons (Fsp3) is 0.568. The van der Waals surface area contributed by atoms with Crippen molar-refractivity contribution in [3.63, 3.8) is 0 Å². The van der Waals surface area contributed by atoms with E-state index in [1.807, 2.05) is 25.3 Å². The molecule has 0 saturated heterocycles. The Morgan fingerprint density at radius 1 is 1.14 bits per heavy atom. The molecule has 1 aliphatic carbocycles. The summed E-state index contributed by atoms with van der Waals surface area (Å²) in [6, 6.07) is 5.39. The predicted octanol–water partition coefficient (Wildman–Crippen LogP) is 7.91. The van der Waals surface area contributed by atoms with E-state index in [9.17, 15) is 9.59 Å². The number of fused-ring (bicyclic) bond motifs is 1. The molecule has 7 nitrogen and oxygen atoms in total. The molecule has 0 spiro atoms. The molecule has 1 aromatic carbocycles. The predicted molar refractivity (Wildman–Crippen MR) is 196 cm³/mol. The Balaban J connectivity index is -0.000000310. The van der Waals surface area contributed by atoms with Crippen molar-refractivity contribution in [2.24, 2.45) is 21.6 Å². The van der Waals surface area contributed by atoms with E-state index in [2.05, 4.69) is 94.6 Å². The number of carbonyl (C=O) groups is 2. The zero-order chi connectivity index (χ0) is 34.9. The summed E-state index contributed by atoms with van der Waals surface area (Å²) in [5.74, 6) is 2.80. The molecule has 4 N–H and O–H groups in total. The van der Waals surface area contributed by atoms with Gasteiger partial charge in [0.25, 0.3) is 5.91 Å². The van der Waals surface area contributed by atoms with Crippen molar-refractivity contribution >= 4 is 23.6 Å². The number of benzene rings is 1. The smallest absolute Gasteiger partial charge is 0.272 e. The molecule has 2 rings (SSSR count). The highest BCUT2D eigenvalue weighted by Gasteiger charge is 2.27. The lowest BCUT2D eigenvalue weighted by Gasteiger charge is -2.16. The molecule has 44 heavy (non-hydrogen) atoms. The molecule has 0 aromatic heterocycles. The van der Waals surface area contributed by atoms with Crippen molar-refractivity contribution in [3.05, 3.63) is 59.8 Å². The van der Waals surface area contributed by atoms with Crippen molar-refractivity contribution in [1.29, 1.82) is 0 Å². The summed E-state index contributed by atoms with van der Waals surface area (Å²) in [5.41, 5.74) is 9.07. The second-order valence-corrected chi connectivity index (χ2v) is 10.3. The van der Waals surface area contributed by atoms with E-state index in [-0.39, 0.29) is 23.4 Å². The molecule has 1 amide bonds. The molecular weight excluding hydrogens is 546 g/mol. The number of amides is 1. The topological polar surface area (TPSA) is 109 Å². The van der Waals surface area contributed by atoms with Gasteiger partial charge in [-0.3, -0.25) is 19.6 Å². The highest BCUT2D eigenvalue weighted by atomic mass is 16.2. The number of nitrogens with zero attached hydrogens (tertiary/aromatic N) is 2. The van der Waals surface area contributed by atoms with Gasteiger partial charge in [0, 0.05) is 19.7 Å². The first kappa shape index (κ1) is 47.4. The van der Waals surface area contributed by atoms with Crippen LogP contribution in [0.4, 0.5) is 0 Å². The Morgan fingerprint density at radius 3 is 1.95 bits per heavy atom. The molecule has 0 heterocycles. The molecule has 0 saturated carbocycles. The third-order valence-corrected chi connectivity index (χ3v) is 5.69. The number of rotatable bonds is 10. The number of terminal acetylenes is 1. The van der Waals surface area contributed by atoms with Crippen molar-refractivity contribution in [1.82, 2.24) is 10.6 Å². The highest BCUT2D eigenvalue weighted by Crippen LogP contribution is 2.31. The van der Waals surface area contributed by atoms with Gasteiger partial charge in [0.05, 0.1) is 11.7 Å². The first-order valence-corrected chi connectivity index (χ1v) is 15.8. The Morgan fingerprint density at radius 2 is 1.66 bits per heavy atom. The summed E-state index contributed by atoms with van der Waals surface area (Å²) in [6.45, 7) is 25.1. The second-order valence-electron chi connectivity index (χ2n) is 10.3. The lowest BCUT2D eigenvalue weighted by molar-refractivity contribution is -0.115. The number of aliphatic imine (C=N–C) groups is 2. The minimum Gasteiger partial charge on any atom is -0.397 e. The van der Waals surface area contributed by atoms with Gasteiger partial charge in [0.1, 0.15) is 17.7 Å². The molecular formula is C37H65N5O2. The lowest BCUT2D eigenvalue weighted by atomic mass is 10.0. The summed E-state index contributed by atoms with van der Waals surface area (Å²) in [6.07, 6.45) is 15.1. The standard InChI is InChI=1S/C17H20N4O2.C5H12.C5H10.C4H11N.C3H8.C3H4/c1-10(18)15(19-2)16(20-3)17(23)21-14-7-5-12-8-11(9-22)4-6-13(12)14;1-4-5(2)3;1-3-5-4-2;1-3-4-5-2;2*1-3-2/h4,6,8-9,14H,1,5,7,18H2,2-3H3,(H,21,23);5H,4H2,1-3H3;3H,1,4-5H2,2H3;5H,3-4H2,1-2H3;3H2,1-2H3;1H,2H3/t14-;;;;;/m0...../s1. The molecule has 0 radical (unpaired) electrons. The monoisotopic (exact) mass is 612 g/mol. The van der Waals surface area contributed by atoms with E-state index in [1.54, 1.807) is 13.0 Å². The summed E-state index contributed by atoms with van der Waals surface area (Å²) in [5, 5.41) is 5.98. The minimum atomic E-state index is -0.336. The largest absolute Gasteiger partial charge is 0.397 e. The van der Waals surface area contributed by atoms with Gasteiger partial charge >= 0.3 is 0 Å². The first-order chi connectivity index (χ1) is 20.9. The van der Waals surface area contributed by atoms with Crippen LogP contribution in [0.1, 0.15) is 121 Å². The van der Waals surface area contributed by atoms with Gasteiger partial charge in [-0.15, -0.1) is 18.9 Å². The lowest BCUT2D eigenvalue weighted by Crippen LogP contribution is -2.39. The van der Waals surface area contributed by atoms with Crippen LogP contribution in [0.15, 0.2) is 53.1 Å². The molecule has 0 fully saturated rings. The maximum Gasteiger partial charge on any atom is 0.272 e. The van der Waals surface area contributed by atoms with Gasteiger partial charge in [-0.25, -0.2) is 0 Å². The van der Waals surface area contributed by atoms with Crippen LogP contribution >= 0.6 is 0 Å². The molecule has 1 aliphatic rings. The normalized spacial score (nSPS) is 12.7. The van der Waals surface area contributed by atoms with E-state index in [0.29, 0.717) is 11.3 Å². The van der Waals surface area contributed by atoms with Crippen LogP contribution in [0.5, 0.6) is 0 Å². The van der Waals surface area contributed by atoms with Gasteiger partial charge in [-0.1, -0.05) is 92.5 Å². The van der Waals surface area contributed by atoms with Crippen molar-refractivity contribution in [2.75, 3.05) is 27.7 Å². The Hall–Kier alpha value is -3.50. The average Bonchev–Trinajstić information content (AvgIpc) is 3.39. The zero-order valence-corrected chi connectivity index (χ0v) is 30.0. The van der Waals surface area contributed by atoms with Crippen molar-refractivity contribution in [3.8, 4) is 12.3 Å². The van der Waals surface area contributed by atoms with E-state index >= 15 is 0 Å². The summed E-state index contributed by atoms with van der Waals surface area (Å²) in [4.78, 5) is 31.3. The molecule has 1 aromatic rings. The SMILES string of the molecule is C#CC.C=C(N)C(=NC)C(=NC)C(=O)N[C@H]1CCc2cc(C=O)ccc21.C=CCCC.CCC.CCC(C)C.CCCNC. The Bertz CT molecular complexity index is 1000. The molecule has 250 valence electrons. The quantitative estimate of drug-likeness (QED) is 0.108. The average molecular weight is 612 g/mol. The van der Waals surface area contributed by atoms with E-state index in [1.165, 1.54) is 39.8 Å². The zero-order valence-electron chi connectivity index (χ0n) is 30.0. The number of carbonyl (C=O) groups excluding carboxylic acids is 2. The van der Waals surface area contributed by atoms with Gasteiger partial charge in [-0.2, -0.15) is 0 Å². The van der Waals surface area contributed by atoms with Crippen molar-refractivity contribution in [2.45, 2.75) is 106 Å². The Kier molecular flexibility index (Phi) is 36.6. The molecule has 1 atom stereocenters. The van der Waals surface area contributed by atoms with E-state index < -0.39 is 0 Å². The maximum absolute atomic E-state index is 12.5.